The van der Waals surface area contributed by atoms with E-state index in [1.807, 2.05) is 42.5 Å². The molecular formula is C25H26ClN3O4. The van der Waals surface area contributed by atoms with E-state index >= 15 is 0 Å². The van der Waals surface area contributed by atoms with Crippen molar-refractivity contribution in [2.75, 3.05) is 6.61 Å². The van der Waals surface area contributed by atoms with Gasteiger partial charge in [-0.25, -0.2) is 4.79 Å². The summed E-state index contributed by atoms with van der Waals surface area (Å²) in [6, 6.07) is 17.2. The van der Waals surface area contributed by atoms with Crippen molar-refractivity contribution in [1.29, 1.82) is 0 Å². The first kappa shape index (κ1) is 23.0. The molecule has 4 rings (SSSR count). The lowest BCUT2D eigenvalue weighted by molar-refractivity contribution is 0.277. The summed E-state index contributed by atoms with van der Waals surface area (Å²) in [6.07, 6.45) is 2.08. The Balaban J connectivity index is 1.81. The van der Waals surface area contributed by atoms with Crippen molar-refractivity contribution >= 4 is 23.3 Å². The monoisotopic (exact) mass is 467 g/mol. The average Bonchev–Trinajstić information content (AvgIpc) is 3.00. The molecule has 0 radical (unpaired) electrons. The van der Waals surface area contributed by atoms with E-state index in [4.69, 9.17) is 26.4 Å². The molecule has 0 amide bonds. The zero-order chi connectivity index (χ0) is 23.4. The Hall–Kier alpha value is -3.16. The van der Waals surface area contributed by atoms with E-state index in [0.29, 0.717) is 53.7 Å². The Labute approximate surface area is 196 Å². The van der Waals surface area contributed by atoms with Gasteiger partial charge in [0.2, 0.25) is 0 Å². The van der Waals surface area contributed by atoms with Gasteiger partial charge in [-0.15, -0.1) is 0 Å². The molecule has 0 fully saturated rings. The maximum atomic E-state index is 13.2. The molecule has 8 heteroatoms. The fourth-order valence-corrected chi connectivity index (χ4v) is 4.25. The van der Waals surface area contributed by atoms with Crippen LogP contribution in [-0.2, 0) is 26.4 Å². The molecule has 172 valence electrons. The van der Waals surface area contributed by atoms with Crippen LogP contribution in [0.5, 0.6) is 5.75 Å². The summed E-state index contributed by atoms with van der Waals surface area (Å²) >= 11 is 6.33. The minimum absolute atomic E-state index is 0.0974. The zero-order valence-corrected chi connectivity index (χ0v) is 19.2. The molecule has 1 aliphatic rings. The number of rotatable bonds is 6. The van der Waals surface area contributed by atoms with Gasteiger partial charge >= 0.3 is 5.69 Å². The van der Waals surface area contributed by atoms with Crippen molar-refractivity contribution in [2.24, 2.45) is 18.0 Å². The maximum Gasteiger partial charge on any atom is 0.332 e. The number of hydrogen-bond donors (Lipinski definition) is 1. The lowest BCUT2D eigenvalue weighted by Gasteiger charge is -2.18. The van der Waals surface area contributed by atoms with Gasteiger partial charge in [-0.05, 0) is 43.4 Å². The molecule has 2 heterocycles. The molecule has 1 atom stereocenters. The average molecular weight is 468 g/mol. The van der Waals surface area contributed by atoms with E-state index < -0.39 is 5.69 Å². The molecule has 2 aromatic carbocycles. The van der Waals surface area contributed by atoms with Crippen LogP contribution >= 0.6 is 11.6 Å². The third kappa shape index (κ3) is 4.94. The van der Waals surface area contributed by atoms with E-state index in [1.54, 1.807) is 19.2 Å². The fraction of sp³-hybridized carbons (Fsp3) is 0.320. The summed E-state index contributed by atoms with van der Waals surface area (Å²) in [5, 5.41) is 9.62. The molecule has 1 N–H and O–H groups in total. The van der Waals surface area contributed by atoms with E-state index in [9.17, 15) is 9.59 Å². The Bertz CT molecular complexity index is 1280. The van der Waals surface area contributed by atoms with E-state index in [1.165, 1.54) is 9.13 Å². The van der Waals surface area contributed by atoms with Crippen LogP contribution in [-0.4, -0.2) is 26.7 Å². The van der Waals surface area contributed by atoms with Crippen LogP contribution in [0.4, 0.5) is 5.82 Å². The van der Waals surface area contributed by atoms with Gasteiger partial charge in [-0.3, -0.25) is 13.9 Å². The standard InChI is InChI=1S/C25H26ClN3O4/c1-28-22-19(24(31)29(25(28)32)14-7-15-30)13-12-18(16-17-8-3-2-4-9-17)23(27-22)33-21-11-6-5-10-20(21)26/h2-6,8-11,18,30H,7,12-16H2,1H3. The first-order valence-electron chi connectivity index (χ1n) is 11.0. The third-order valence-corrected chi connectivity index (χ3v) is 6.15. The summed E-state index contributed by atoms with van der Waals surface area (Å²) in [5.74, 6) is 1.09. The normalized spacial score (nSPS) is 15.5. The van der Waals surface area contributed by atoms with Crippen molar-refractivity contribution in [2.45, 2.75) is 32.2 Å². The SMILES string of the molecule is Cn1c2c(c(=O)n(CCCO)c1=O)CCC(Cc1ccccc1)C(Oc1ccccc1Cl)=N2. The van der Waals surface area contributed by atoms with Crippen molar-refractivity contribution in [3.63, 3.8) is 0 Å². The summed E-state index contributed by atoms with van der Waals surface area (Å²) < 4.78 is 8.76. The lowest BCUT2D eigenvalue weighted by atomic mass is 9.93. The molecule has 1 unspecified atom stereocenters. The predicted octanol–water partition coefficient (Wildman–Crippen LogP) is 3.50. The summed E-state index contributed by atoms with van der Waals surface area (Å²) in [5.41, 5.74) is 0.779. The predicted molar refractivity (Wildman–Crippen MR) is 129 cm³/mol. The lowest BCUT2D eigenvalue weighted by Crippen LogP contribution is -2.41. The molecule has 0 bridgehead atoms. The second kappa shape index (κ2) is 10.2. The van der Waals surface area contributed by atoms with Crippen LogP contribution in [0.15, 0.2) is 69.2 Å². The first-order chi connectivity index (χ1) is 16.0. The molecule has 1 aromatic heterocycles. The summed E-state index contributed by atoms with van der Waals surface area (Å²) in [4.78, 5) is 30.8. The second-order valence-electron chi connectivity index (χ2n) is 8.09. The number of hydrogen-bond acceptors (Lipinski definition) is 5. The molecule has 0 saturated heterocycles. The van der Waals surface area contributed by atoms with E-state index in [-0.39, 0.29) is 24.6 Å². The minimum atomic E-state index is -0.463. The highest BCUT2D eigenvalue weighted by molar-refractivity contribution is 6.32. The molecule has 1 aliphatic heterocycles. The molecule has 33 heavy (non-hydrogen) atoms. The second-order valence-corrected chi connectivity index (χ2v) is 8.49. The number of halogens is 1. The number of aromatic nitrogens is 2. The molecule has 3 aromatic rings. The number of ether oxygens (including phenoxy) is 1. The number of para-hydroxylation sites is 1. The highest BCUT2D eigenvalue weighted by Crippen LogP contribution is 2.30. The van der Waals surface area contributed by atoms with Gasteiger partial charge in [0, 0.05) is 26.1 Å². The molecule has 7 nitrogen and oxygen atoms in total. The number of nitrogens with zero attached hydrogens (tertiary/aromatic N) is 3. The van der Waals surface area contributed by atoms with Crippen LogP contribution in [0.25, 0.3) is 0 Å². The third-order valence-electron chi connectivity index (χ3n) is 5.83. The molecule has 0 saturated carbocycles. The Kier molecular flexibility index (Phi) is 7.11. The smallest absolute Gasteiger partial charge is 0.332 e. The van der Waals surface area contributed by atoms with Crippen LogP contribution in [0.1, 0.15) is 24.0 Å². The van der Waals surface area contributed by atoms with Gasteiger partial charge in [-0.2, -0.15) is 4.99 Å². The Morgan fingerprint density at radius 1 is 1.12 bits per heavy atom. The largest absolute Gasteiger partial charge is 0.441 e. The number of fused-ring (bicyclic) bond motifs is 1. The van der Waals surface area contributed by atoms with Crippen LogP contribution in [0.3, 0.4) is 0 Å². The summed E-state index contributed by atoms with van der Waals surface area (Å²) in [7, 11) is 1.60. The van der Waals surface area contributed by atoms with E-state index in [2.05, 4.69) is 0 Å². The van der Waals surface area contributed by atoms with Crippen molar-refractivity contribution < 1.29 is 9.84 Å². The first-order valence-corrected chi connectivity index (χ1v) is 11.4. The van der Waals surface area contributed by atoms with E-state index in [0.717, 1.165) is 5.56 Å². The van der Waals surface area contributed by atoms with Gasteiger partial charge in [0.05, 0.1) is 10.6 Å². The Morgan fingerprint density at radius 2 is 1.85 bits per heavy atom. The summed E-state index contributed by atoms with van der Waals surface area (Å²) in [6.45, 7) is 0.0647. The quantitative estimate of drug-likeness (QED) is 0.601. The highest BCUT2D eigenvalue weighted by Gasteiger charge is 2.28. The van der Waals surface area contributed by atoms with Gasteiger partial charge in [0.1, 0.15) is 11.6 Å². The molecule has 0 aliphatic carbocycles. The maximum absolute atomic E-state index is 13.2. The van der Waals surface area contributed by atoms with Gasteiger partial charge < -0.3 is 9.84 Å². The van der Waals surface area contributed by atoms with Gasteiger partial charge in [0.25, 0.3) is 5.56 Å². The topological polar surface area (TPSA) is 85.8 Å². The van der Waals surface area contributed by atoms with Gasteiger partial charge in [-0.1, -0.05) is 54.1 Å². The highest BCUT2D eigenvalue weighted by atomic mass is 35.5. The number of benzene rings is 2. The van der Waals surface area contributed by atoms with Crippen molar-refractivity contribution in [3.8, 4) is 5.75 Å². The number of aliphatic hydroxyl groups excluding tert-OH is 1. The Morgan fingerprint density at radius 3 is 2.58 bits per heavy atom. The van der Waals surface area contributed by atoms with Crippen LogP contribution in [0, 0.1) is 5.92 Å². The van der Waals surface area contributed by atoms with Crippen molar-refractivity contribution in [3.05, 3.63) is 91.6 Å². The molecule has 0 spiro atoms. The van der Waals surface area contributed by atoms with Crippen LogP contribution in [0.2, 0.25) is 5.02 Å². The fourth-order valence-electron chi connectivity index (χ4n) is 4.08. The van der Waals surface area contributed by atoms with Crippen molar-refractivity contribution in [1.82, 2.24) is 9.13 Å². The van der Waals surface area contributed by atoms with Gasteiger partial charge in [0.15, 0.2) is 5.90 Å². The number of aliphatic imine (C=N–C) groups is 1. The number of aliphatic hydroxyl groups is 1. The van der Waals surface area contributed by atoms with Crippen LogP contribution < -0.4 is 16.0 Å². The zero-order valence-electron chi connectivity index (χ0n) is 18.4. The minimum Gasteiger partial charge on any atom is -0.441 e. The molecular weight excluding hydrogens is 442 g/mol.